The first-order valence-corrected chi connectivity index (χ1v) is 10.6. The van der Waals surface area contributed by atoms with E-state index in [1.54, 1.807) is 0 Å². The van der Waals surface area contributed by atoms with Gasteiger partial charge in [-0.3, -0.25) is 0 Å². The topological polar surface area (TPSA) is 26.0 Å². The third-order valence-electron chi connectivity index (χ3n) is 5.45. The summed E-state index contributed by atoms with van der Waals surface area (Å²) < 4.78 is 1.17. The van der Waals surface area contributed by atoms with Gasteiger partial charge in [0, 0.05) is 10.2 Å². The van der Waals surface area contributed by atoms with Gasteiger partial charge in [-0.25, -0.2) is 0 Å². The summed E-state index contributed by atoms with van der Waals surface area (Å²) in [6.07, 6.45) is 4.28. The van der Waals surface area contributed by atoms with Gasteiger partial charge in [-0.05, 0) is 84.7 Å². The van der Waals surface area contributed by atoms with Crippen LogP contribution in [0, 0.1) is 0 Å². The highest BCUT2D eigenvalue weighted by molar-refractivity contribution is 9.10. The monoisotopic (exact) mass is 429 g/mol. The van der Waals surface area contributed by atoms with Gasteiger partial charge in [0.2, 0.25) is 0 Å². The predicted octanol–water partition coefficient (Wildman–Crippen LogP) is 7.85. The van der Waals surface area contributed by atoms with Crippen LogP contribution in [0.4, 0.5) is 5.69 Å². The molecule has 0 atom stereocenters. The Kier molecular flexibility index (Phi) is 5.23. The lowest BCUT2D eigenvalue weighted by molar-refractivity contribution is 1.13. The fraction of sp³-hybridized carbons (Fsp3) is 0.154. The molecule has 2 N–H and O–H groups in total. The molecule has 0 saturated carbocycles. The molecule has 28 heavy (non-hydrogen) atoms. The molecule has 0 aliphatic carbocycles. The van der Waals surface area contributed by atoms with Crippen molar-refractivity contribution in [3.63, 3.8) is 0 Å². The fourth-order valence-corrected chi connectivity index (χ4v) is 4.72. The Balaban J connectivity index is 2.07. The van der Waals surface area contributed by atoms with Crippen LogP contribution in [0.2, 0.25) is 0 Å². The molecule has 4 aromatic rings. The second-order valence-corrected chi connectivity index (χ2v) is 7.91. The van der Waals surface area contributed by atoms with Crippen molar-refractivity contribution in [1.29, 1.82) is 0 Å². The van der Waals surface area contributed by atoms with Crippen molar-refractivity contribution in [2.75, 3.05) is 5.73 Å². The molecule has 0 amide bonds. The second kappa shape index (κ2) is 7.81. The number of allylic oxidation sites excluding steroid dienone is 1. The number of benzene rings is 4. The summed E-state index contributed by atoms with van der Waals surface area (Å²) in [4.78, 5) is 0. The van der Waals surface area contributed by atoms with Crippen molar-refractivity contribution in [2.24, 2.45) is 0 Å². The van der Waals surface area contributed by atoms with Crippen LogP contribution in [0.15, 0.2) is 71.2 Å². The summed E-state index contributed by atoms with van der Waals surface area (Å²) in [6.45, 7) is 4.42. The number of aryl methyl sites for hydroxylation is 1. The average molecular weight is 430 g/mol. The number of nitrogen functional groups attached to an aromatic ring is 1. The van der Waals surface area contributed by atoms with Crippen LogP contribution in [-0.4, -0.2) is 0 Å². The molecule has 0 radical (unpaired) electrons. The zero-order valence-corrected chi connectivity index (χ0v) is 17.9. The highest BCUT2D eigenvalue weighted by Gasteiger charge is 2.15. The highest BCUT2D eigenvalue weighted by Crippen LogP contribution is 2.40. The van der Waals surface area contributed by atoms with Crippen LogP contribution in [0.5, 0.6) is 0 Å². The standard InChI is InChI=1S/C26H24BrN/c1-3-17-16-20(28)14-13-19(17)15-18(4-2)25-21-9-5-7-11-23(21)26(27)24-12-8-6-10-22(24)25/h5-16H,3-4,28H2,1-2H3. The summed E-state index contributed by atoms with van der Waals surface area (Å²) in [7, 11) is 0. The van der Waals surface area contributed by atoms with Gasteiger partial charge >= 0.3 is 0 Å². The molecule has 0 fully saturated rings. The molecule has 0 aliphatic heterocycles. The molecule has 1 nitrogen and oxygen atoms in total. The Morgan fingerprint density at radius 2 is 1.43 bits per heavy atom. The number of rotatable bonds is 4. The second-order valence-electron chi connectivity index (χ2n) is 7.12. The van der Waals surface area contributed by atoms with E-state index in [0.29, 0.717) is 0 Å². The molecule has 4 rings (SSSR count). The fourth-order valence-electron chi connectivity index (χ4n) is 4.03. The van der Waals surface area contributed by atoms with Gasteiger partial charge in [0.25, 0.3) is 0 Å². The minimum atomic E-state index is 0.826. The van der Waals surface area contributed by atoms with Crippen molar-refractivity contribution in [1.82, 2.24) is 0 Å². The maximum Gasteiger partial charge on any atom is 0.0332 e. The molecule has 0 unspecified atom stereocenters. The minimum Gasteiger partial charge on any atom is -0.399 e. The van der Waals surface area contributed by atoms with Gasteiger partial charge in [-0.15, -0.1) is 0 Å². The highest BCUT2D eigenvalue weighted by atomic mass is 79.9. The third-order valence-corrected chi connectivity index (χ3v) is 6.30. The third kappa shape index (κ3) is 3.22. The Labute approximate surface area is 175 Å². The molecule has 4 aromatic carbocycles. The Morgan fingerprint density at radius 3 is 1.96 bits per heavy atom. The summed E-state index contributed by atoms with van der Waals surface area (Å²) in [5.74, 6) is 0. The SMILES string of the molecule is CCC(=Cc1ccc(N)cc1CC)c1c2ccccc2c(Br)c2ccccc12. The van der Waals surface area contributed by atoms with Crippen molar-refractivity contribution >= 4 is 54.8 Å². The number of nitrogens with two attached hydrogens (primary N) is 1. The van der Waals surface area contributed by atoms with Gasteiger partial charge in [0.15, 0.2) is 0 Å². The number of halogens is 1. The van der Waals surface area contributed by atoms with Crippen LogP contribution >= 0.6 is 15.9 Å². The van der Waals surface area contributed by atoms with Gasteiger partial charge in [-0.2, -0.15) is 0 Å². The van der Waals surface area contributed by atoms with E-state index in [1.165, 1.54) is 48.3 Å². The molecule has 0 bridgehead atoms. The smallest absolute Gasteiger partial charge is 0.0332 e. The van der Waals surface area contributed by atoms with Crippen LogP contribution in [0.1, 0.15) is 37.0 Å². The van der Waals surface area contributed by atoms with E-state index in [2.05, 4.69) is 96.5 Å². The van der Waals surface area contributed by atoms with E-state index in [4.69, 9.17) is 5.73 Å². The van der Waals surface area contributed by atoms with Crippen molar-refractivity contribution in [3.05, 3.63) is 87.9 Å². The lowest BCUT2D eigenvalue weighted by Gasteiger charge is -2.17. The number of hydrogen-bond donors (Lipinski definition) is 1. The maximum absolute atomic E-state index is 6.02. The Hall–Kier alpha value is -2.58. The zero-order valence-electron chi connectivity index (χ0n) is 16.3. The summed E-state index contributed by atoms with van der Waals surface area (Å²) in [5, 5.41) is 5.08. The molecule has 0 heterocycles. The number of hydrogen-bond acceptors (Lipinski definition) is 1. The normalized spacial score (nSPS) is 12.0. The van der Waals surface area contributed by atoms with E-state index in [1.807, 2.05) is 6.07 Å². The van der Waals surface area contributed by atoms with Crippen LogP contribution in [-0.2, 0) is 6.42 Å². The number of anilines is 1. The van der Waals surface area contributed by atoms with E-state index < -0.39 is 0 Å². The minimum absolute atomic E-state index is 0.826. The maximum atomic E-state index is 6.02. The molecule has 140 valence electrons. The molecule has 2 heteroatoms. The Morgan fingerprint density at radius 1 is 0.857 bits per heavy atom. The molecule has 0 aliphatic rings. The van der Waals surface area contributed by atoms with Gasteiger partial charge in [0.1, 0.15) is 0 Å². The van der Waals surface area contributed by atoms with E-state index in [9.17, 15) is 0 Å². The average Bonchev–Trinajstić information content (AvgIpc) is 2.74. The quantitative estimate of drug-likeness (QED) is 0.199. The first-order valence-electron chi connectivity index (χ1n) is 9.82. The molecule has 0 spiro atoms. The van der Waals surface area contributed by atoms with Crippen LogP contribution in [0.25, 0.3) is 33.2 Å². The van der Waals surface area contributed by atoms with Crippen LogP contribution < -0.4 is 5.73 Å². The first kappa shape index (κ1) is 18.8. The van der Waals surface area contributed by atoms with E-state index >= 15 is 0 Å². The summed E-state index contributed by atoms with van der Waals surface area (Å²) in [6, 6.07) is 23.6. The van der Waals surface area contributed by atoms with Crippen LogP contribution in [0.3, 0.4) is 0 Å². The Bertz CT molecular complexity index is 1150. The lowest BCUT2D eigenvalue weighted by Crippen LogP contribution is -1.94. The zero-order chi connectivity index (χ0) is 19.7. The van der Waals surface area contributed by atoms with Crippen molar-refractivity contribution < 1.29 is 0 Å². The summed E-state index contributed by atoms with van der Waals surface area (Å²) >= 11 is 3.85. The molecular formula is C26H24BrN. The molecular weight excluding hydrogens is 406 g/mol. The van der Waals surface area contributed by atoms with Crippen molar-refractivity contribution in [3.8, 4) is 0 Å². The van der Waals surface area contributed by atoms with Crippen molar-refractivity contribution in [2.45, 2.75) is 26.7 Å². The van der Waals surface area contributed by atoms with E-state index in [0.717, 1.165) is 18.5 Å². The predicted molar refractivity (Wildman–Crippen MR) is 128 cm³/mol. The van der Waals surface area contributed by atoms with Gasteiger partial charge in [0.05, 0.1) is 0 Å². The number of fused-ring (bicyclic) bond motifs is 2. The van der Waals surface area contributed by atoms with E-state index in [-0.39, 0.29) is 0 Å². The molecule has 0 aromatic heterocycles. The van der Waals surface area contributed by atoms with Gasteiger partial charge in [-0.1, -0.05) is 74.5 Å². The molecule has 0 saturated heterocycles. The lowest BCUT2D eigenvalue weighted by atomic mass is 9.89. The van der Waals surface area contributed by atoms with Gasteiger partial charge < -0.3 is 5.73 Å². The first-order chi connectivity index (χ1) is 13.6. The summed E-state index contributed by atoms with van der Waals surface area (Å²) in [5.41, 5.74) is 12.1. The largest absolute Gasteiger partial charge is 0.399 e.